The summed E-state index contributed by atoms with van der Waals surface area (Å²) in [6, 6.07) is 4.01. The molecule has 88 valence electrons. The lowest BCUT2D eigenvalue weighted by Crippen LogP contribution is -1.98. The predicted octanol–water partition coefficient (Wildman–Crippen LogP) is 3.53. The van der Waals surface area contributed by atoms with Crippen LogP contribution in [0.1, 0.15) is 5.56 Å². The monoisotopic (exact) mass is 405 g/mol. The standard InChI is InChI=1S/C11H9BrIN3O/c1-6-2-7(12)3-9(14)10(6)17-11-15-4-8(13)5-16-11/h2-5H,14H2,1H3. The van der Waals surface area contributed by atoms with E-state index in [1.807, 2.05) is 13.0 Å². The molecule has 6 heteroatoms. The van der Waals surface area contributed by atoms with Crippen LogP contribution in [0.3, 0.4) is 0 Å². The molecule has 0 atom stereocenters. The Balaban J connectivity index is 2.33. The quantitative estimate of drug-likeness (QED) is 0.613. The summed E-state index contributed by atoms with van der Waals surface area (Å²) < 4.78 is 7.45. The van der Waals surface area contributed by atoms with Crippen LogP contribution in [0.15, 0.2) is 29.0 Å². The number of aromatic nitrogens is 2. The minimum Gasteiger partial charge on any atom is -0.422 e. The largest absolute Gasteiger partial charge is 0.422 e. The molecule has 0 aliphatic heterocycles. The first-order valence-corrected chi connectivity index (χ1v) is 6.64. The van der Waals surface area contributed by atoms with Crippen molar-refractivity contribution in [1.82, 2.24) is 9.97 Å². The smallest absolute Gasteiger partial charge is 0.322 e. The molecule has 1 aromatic heterocycles. The maximum absolute atomic E-state index is 5.89. The van der Waals surface area contributed by atoms with Gasteiger partial charge in [-0.05, 0) is 47.2 Å². The van der Waals surface area contributed by atoms with Crippen LogP contribution in [0, 0.1) is 10.5 Å². The van der Waals surface area contributed by atoms with Gasteiger partial charge in [0, 0.05) is 20.4 Å². The van der Waals surface area contributed by atoms with Crippen LogP contribution in [-0.4, -0.2) is 9.97 Å². The molecule has 0 amide bonds. The molecule has 2 N–H and O–H groups in total. The summed E-state index contributed by atoms with van der Waals surface area (Å²) in [6.45, 7) is 1.92. The summed E-state index contributed by atoms with van der Waals surface area (Å²) in [7, 11) is 0. The fourth-order valence-corrected chi connectivity index (χ4v) is 2.21. The number of halogens is 2. The van der Waals surface area contributed by atoms with Gasteiger partial charge >= 0.3 is 6.01 Å². The topological polar surface area (TPSA) is 61.0 Å². The first-order chi connectivity index (χ1) is 8.06. The van der Waals surface area contributed by atoms with Crippen molar-refractivity contribution in [3.8, 4) is 11.8 Å². The number of hydrogen-bond acceptors (Lipinski definition) is 4. The maximum Gasteiger partial charge on any atom is 0.322 e. The zero-order valence-corrected chi connectivity index (χ0v) is 12.7. The molecule has 2 rings (SSSR count). The van der Waals surface area contributed by atoms with Gasteiger partial charge in [0.2, 0.25) is 0 Å². The summed E-state index contributed by atoms with van der Waals surface area (Å²) in [5.74, 6) is 0.592. The van der Waals surface area contributed by atoms with Crippen molar-refractivity contribution < 1.29 is 4.74 Å². The van der Waals surface area contributed by atoms with Gasteiger partial charge in [0.25, 0.3) is 0 Å². The fourth-order valence-electron chi connectivity index (χ4n) is 1.34. The van der Waals surface area contributed by atoms with Crippen LogP contribution in [-0.2, 0) is 0 Å². The molecule has 2 aromatic rings. The predicted molar refractivity (Wildman–Crippen MR) is 78.1 cm³/mol. The average molecular weight is 406 g/mol. The van der Waals surface area contributed by atoms with Gasteiger partial charge in [0.1, 0.15) is 0 Å². The van der Waals surface area contributed by atoms with Crippen LogP contribution >= 0.6 is 38.5 Å². The first kappa shape index (κ1) is 12.6. The molecular formula is C11H9BrIN3O. The van der Waals surface area contributed by atoms with Crippen LogP contribution in [0.5, 0.6) is 11.8 Å². The Morgan fingerprint density at radius 2 is 1.94 bits per heavy atom. The molecule has 0 fully saturated rings. The van der Waals surface area contributed by atoms with E-state index in [1.54, 1.807) is 18.5 Å². The highest BCUT2D eigenvalue weighted by molar-refractivity contribution is 14.1. The highest BCUT2D eigenvalue weighted by atomic mass is 127. The second kappa shape index (κ2) is 5.18. The number of rotatable bonds is 2. The number of nitrogen functional groups attached to an aromatic ring is 1. The maximum atomic E-state index is 5.89. The lowest BCUT2D eigenvalue weighted by Gasteiger charge is -2.10. The highest BCUT2D eigenvalue weighted by Crippen LogP contribution is 2.32. The Hall–Kier alpha value is -0.890. The van der Waals surface area contributed by atoms with E-state index in [4.69, 9.17) is 10.5 Å². The van der Waals surface area contributed by atoms with Crippen LogP contribution in [0.25, 0.3) is 0 Å². The van der Waals surface area contributed by atoms with E-state index < -0.39 is 0 Å². The van der Waals surface area contributed by atoms with Gasteiger partial charge in [0.05, 0.1) is 5.69 Å². The number of hydrogen-bond donors (Lipinski definition) is 1. The van der Waals surface area contributed by atoms with Gasteiger partial charge in [-0.15, -0.1) is 0 Å². The Bertz CT molecular complexity index is 522. The number of nitrogens with zero attached hydrogens (tertiary/aromatic N) is 2. The second-order valence-electron chi connectivity index (χ2n) is 3.43. The molecule has 0 aliphatic rings. The molecule has 1 aromatic carbocycles. The van der Waals surface area contributed by atoms with Gasteiger partial charge in [-0.25, -0.2) is 9.97 Å². The van der Waals surface area contributed by atoms with Crippen molar-refractivity contribution in [1.29, 1.82) is 0 Å². The third kappa shape index (κ3) is 3.06. The molecule has 0 saturated carbocycles. The zero-order valence-electron chi connectivity index (χ0n) is 8.95. The van der Waals surface area contributed by atoms with E-state index in [2.05, 4.69) is 48.5 Å². The molecule has 0 bridgehead atoms. The summed E-state index contributed by atoms with van der Waals surface area (Å²) in [5, 5.41) is 0. The number of nitrogens with two attached hydrogens (primary N) is 1. The fraction of sp³-hybridized carbons (Fsp3) is 0.0909. The summed E-state index contributed by atoms with van der Waals surface area (Å²) >= 11 is 5.51. The third-order valence-corrected chi connectivity index (χ3v) is 3.07. The van der Waals surface area contributed by atoms with E-state index in [1.165, 1.54) is 0 Å². The average Bonchev–Trinajstić information content (AvgIpc) is 2.26. The van der Waals surface area contributed by atoms with Crippen molar-refractivity contribution in [3.63, 3.8) is 0 Å². The van der Waals surface area contributed by atoms with Gasteiger partial charge < -0.3 is 10.5 Å². The third-order valence-electron chi connectivity index (χ3n) is 2.06. The molecule has 4 nitrogen and oxygen atoms in total. The normalized spacial score (nSPS) is 10.3. The van der Waals surface area contributed by atoms with Crippen molar-refractivity contribution in [2.75, 3.05) is 5.73 Å². The zero-order chi connectivity index (χ0) is 12.4. The lowest BCUT2D eigenvalue weighted by atomic mass is 10.2. The summed E-state index contributed by atoms with van der Waals surface area (Å²) in [4.78, 5) is 8.14. The van der Waals surface area contributed by atoms with Gasteiger partial charge in [-0.3, -0.25) is 0 Å². The van der Waals surface area contributed by atoms with Crippen molar-refractivity contribution in [2.24, 2.45) is 0 Å². The van der Waals surface area contributed by atoms with E-state index >= 15 is 0 Å². The Morgan fingerprint density at radius 1 is 1.29 bits per heavy atom. The van der Waals surface area contributed by atoms with E-state index in [9.17, 15) is 0 Å². The molecular weight excluding hydrogens is 397 g/mol. The lowest BCUT2D eigenvalue weighted by molar-refractivity contribution is 0.440. The van der Waals surface area contributed by atoms with Crippen LogP contribution < -0.4 is 10.5 Å². The van der Waals surface area contributed by atoms with Crippen molar-refractivity contribution >= 4 is 44.2 Å². The Labute approximate surface area is 121 Å². The minimum absolute atomic E-state index is 0.294. The Kier molecular flexibility index (Phi) is 3.82. The van der Waals surface area contributed by atoms with Crippen LogP contribution in [0.4, 0.5) is 5.69 Å². The number of benzene rings is 1. The second-order valence-corrected chi connectivity index (χ2v) is 5.59. The molecule has 0 unspecified atom stereocenters. The number of aryl methyl sites for hydroxylation is 1. The molecule has 0 radical (unpaired) electrons. The molecule has 0 aliphatic carbocycles. The molecule has 0 spiro atoms. The molecule has 1 heterocycles. The molecule has 0 saturated heterocycles. The van der Waals surface area contributed by atoms with Crippen molar-refractivity contribution in [2.45, 2.75) is 6.92 Å². The number of ether oxygens (including phenoxy) is 1. The molecule has 17 heavy (non-hydrogen) atoms. The Morgan fingerprint density at radius 3 is 2.53 bits per heavy atom. The summed E-state index contributed by atoms with van der Waals surface area (Å²) in [5.41, 5.74) is 7.37. The summed E-state index contributed by atoms with van der Waals surface area (Å²) in [6.07, 6.45) is 3.38. The van der Waals surface area contributed by atoms with E-state index in [-0.39, 0.29) is 0 Å². The van der Waals surface area contributed by atoms with Crippen LogP contribution in [0.2, 0.25) is 0 Å². The van der Waals surface area contributed by atoms with Gasteiger partial charge in [-0.1, -0.05) is 15.9 Å². The first-order valence-electron chi connectivity index (χ1n) is 4.77. The van der Waals surface area contributed by atoms with E-state index in [0.29, 0.717) is 17.4 Å². The number of anilines is 1. The SMILES string of the molecule is Cc1cc(Br)cc(N)c1Oc1ncc(I)cn1. The minimum atomic E-state index is 0.294. The van der Waals surface area contributed by atoms with Crippen molar-refractivity contribution in [3.05, 3.63) is 38.1 Å². The highest BCUT2D eigenvalue weighted by Gasteiger charge is 2.09. The van der Waals surface area contributed by atoms with Gasteiger partial charge in [0.15, 0.2) is 5.75 Å². The van der Waals surface area contributed by atoms with E-state index in [0.717, 1.165) is 13.6 Å². The van der Waals surface area contributed by atoms with Gasteiger partial charge in [-0.2, -0.15) is 0 Å².